The maximum Gasteiger partial charge on any atom is 0.422 e. The number of halogens is 3. The molecule has 0 saturated carbocycles. The van der Waals surface area contributed by atoms with Crippen LogP contribution < -0.4 is 25.4 Å². The van der Waals surface area contributed by atoms with Gasteiger partial charge in [0.15, 0.2) is 18.1 Å². The van der Waals surface area contributed by atoms with E-state index in [2.05, 4.69) is 16.3 Å². The molecule has 0 saturated heterocycles. The summed E-state index contributed by atoms with van der Waals surface area (Å²) >= 11 is 0. The van der Waals surface area contributed by atoms with Crippen LogP contribution in [0.2, 0.25) is 0 Å². The molecule has 0 fully saturated rings. The second kappa shape index (κ2) is 12.8. The standard InChI is InChI=1S/C26H34F3N3O4/c1-18(31-9-13-35-22-6-3-4-7-23(22)36-17-26(27,28)29)14-19-15-20-8-11-32(10-5-12-34-2)24(20)21(16-19)25(30)33/h3-4,6-7,15-16,18,31H,5,8-14,17H2,1-2H3,(H2,30,33)/t18-/m1/s1. The van der Waals surface area contributed by atoms with E-state index in [9.17, 15) is 18.0 Å². The van der Waals surface area contributed by atoms with Crippen molar-refractivity contribution in [1.29, 1.82) is 0 Å². The second-order valence-corrected chi connectivity index (χ2v) is 8.86. The molecule has 0 bridgehead atoms. The first-order chi connectivity index (χ1) is 17.2. The summed E-state index contributed by atoms with van der Waals surface area (Å²) in [5.41, 5.74) is 9.35. The van der Waals surface area contributed by atoms with Gasteiger partial charge in [0.05, 0.1) is 11.3 Å². The molecule has 0 radical (unpaired) electrons. The van der Waals surface area contributed by atoms with Crippen LogP contribution in [0, 0.1) is 0 Å². The third kappa shape index (κ3) is 8.03. The van der Waals surface area contributed by atoms with Crippen molar-refractivity contribution in [2.24, 2.45) is 5.73 Å². The summed E-state index contributed by atoms with van der Waals surface area (Å²) in [4.78, 5) is 14.4. The minimum Gasteiger partial charge on any atom is -0.488 e. The van der Waals surface area contributed by atoms with Crippen LogP contribution in [0.15, 0.2) is 36.4 Å². The van der Waals surface area contributed by atoms with Crippen LogP contribution in [0.25, 0.3) is 0 Å². The SMILES string of the molecule is COCCCN1CCc2cc(C[C@@H](C)NCCOc3ccccc3OCC(F)(F)F)cc(C(N)=O)c21. The number of benzene rings is 2. The maximum atomic E-state index is 12.5. The normalized spacial score (nSPS) is 14.0. The summed E-state index contributed by atoms with van der Waals surface area (Å²) in [6.07, 6.45) is -2.00. The van der Waals surface area contributed by atoms with Crippen LogP contribution in [0.3, 0.4) is 0 Å². The third-order valence-corrected chi connectivity index (χ3v) is 5.89. The molecule has 1 heterocycles. The molecule has 1 amide bonds. The first kappa shape index (κ1) is 27.6. The molecule has 0 aliphatic carbocycles. The van der Waals surface area contributed by atoms with Gasteiger partial charge >= 0.3 is 6.18 Å². The molecular weight excluding hydrogens is 475 g/mol. The second-order valence-electron chi connectivity index (χ2n) is 8.86. The van der Waals surface area contributed by atoms with Crippen molar-refractivity contribution in [2.45, 2.75) is 38.4 Å². The van der Waals surface area contributed by atoms with Crippen LogP contribution in [-0.4, -0.2) is 64.7 Å². The number of ether oxygens (including phenoxy) is 3. The summed E-state index contributed by atoms with van der Waals surface area (Å²) in [6, 6.07) is 10.4. The highest BCUT2D eigenvalue weighted by Crippen LogP contribution is 2.33. The Bertz CT molecular complexity index is 1020. The molecule has 7 nitrogen and oxygen atoms in total. The number of nitrogens with one attached hydrogen (secondary N) is 1. The number of anilines is 1. The zero-order valence-corrected chi connectivity index (χ0v) is 20.7. The Morgan fingerprint density at radius 2 is 1.89 bits per heavy atom. The highest BCUT2D eigenvalue weighted by molar-refractivity contribution is 6.00. The van der Waals surface area contributed by atoms with Crippen molar-refractivity contribution < 1.29 is 32.2 Å². The number of rotatable bonds is 14. The van der Waals surface area contributed by atoms with Gasteiger partial charge in [0.2, 0.25) is 0 Å². The quantitative estimate of drug-likeness (QED) is 0.378. The molecule has 0 aromatic heterocycles. The third-order valence-electron chi connectivity index (χ3n) is 5.89. The summed E-state index contributed by atoms with van der Waals surface area (Å²) in [5, 5.41) is 3.35. The van der Waals surface area contributed by atoms with Crippen molar-refractivity contribution in [3.8, 4) is 11.5 Å². The molecule has 1 aliphatic heterocycles. The number of carbonyl (C=O) groups is 1. The van der Waals surface area contributed by atoms with Gasteiger partial charge in [0, 0.05) is 39.4 Å². The Labute approximate surface area is 209 Å². The van der Waals surface area contributed by atoms with Gasteiger partial charge in [0.1, 0.15) is 6.61 Å². The number of para-hydroxylation sites is 2. The van der Waals surface area contributed by atoms with Gasteiger partial charge in [-0.25, -0.2) is 0 Å². The van der Waals surface area contributed by atoms with Crippen LogP contribution in [0.4, 0.5) is 18.9 Å². The average Bonchev–Trinajstić information content (AvgIpc) is 3.23. The number of nitrogens with two attached hydrogens (primary N) is 1. The Kier molecular flexibility index (Phi) is 9.83. The van der Waals surface area contributed by atoms with Crippen molar-refractivity contribution >= 4 is 11.6 Å². The number of carbonyl (C=O) groups excluding carboxylic acids is 1. The van der Waals surface area contributed by atoms with Crippen molar-refractivity contribution in [1.82, 2.24) is 5.32 Å². The van der Waals surface area contributed by atoms with Gasteiger partial charge in [-0.1, -0.05) is 18.2 Å². The number of primary amides is 1. The predicted molar refractivity (Wildman–Crippen MR) is 132 cm³/mol. The van der Waals surface area contributed by atoms with Crippen LogP contribution >= 0.6 is 0 Å². The summed E-state index contributed by atoms with van der Waals surface area (Å²) in [7, 11) is 1.67. The van der Waals surface area contributed by atoms with E-state index in [-0.39, 0.29) is 24.1 Å². The number of amides is 1. The fraction of sp³-hybridized carbons (Fsp3) is 0.500. The van der Waals surface area contributed by atoms with Crippen molar-refractivity contribution in [2.75, 3.05) is 51.5 Å². The van der Waals surface area contributed by atoms with Crippen molar-refractivity contribution in [3.05, 3.63) is 53.1 Å². The molecule has 2 aromatic carbocycles. The van der Waals surface area contributed by atoms with Gasteiger partial charge in [0.25, 0.3) is 5.91 Å². The number of nitrogens with zero attached hydrogens (tertiary/aromatic N) is 1. The highest BCUT2D eigenvalue weighted by Gasteiger charge is 2.29. The van der Waals surface area contributed by atoms with Crippen molar-refractivity contribution in [3.63, 3.8) is 0 Å². The van der Waals surface area contributed by atoms with Gasteiger partial charge in [-0.05, 0) is 55.5 Å². The number of methoxy groups -OCH3 is 1. The van der Waals surface area contributed by atoms with Gasteiger partial charge < -0.3 is 30.2 Å². The average molecular weight is 510 g/mol. The monoisotopic (exact) mass is 509 g/mol. The van der Waals surface area contributed by atoms with E-state index in [1.807, 2.05) is 13.0 Å². The Hall–Kier alpha value is -2.98. The Balaban J connectivity index is 1.53. The molecule has 3 rings (SSSR count). The highest BCUT2D eigenvalue weighted by atomic mass is 19.4. The maximum absolute atomic E-state index is 12.5. The minimum absolute atomic E-state index is 0.0521. The number of alkyl halides is 3. The lowest BCUT2D eigenvalue weighted by Gasteiger charge is -2.22. The van der Waals surface area contributed by atoms with Gasteiger partial charge in [-0.2, -0.15) is 13.2 Å². The first-order valence-corrected chi connectivity index (χ1v) is 12.0. The molecular formula is C26H34F3N3O4. The molecule has 1 aliphatic rings. The Morgan fingerprint density at radius 1 is 1.17 bits per heavy atom. The topological polar surface area (TPSA) is 86.1 Å². The van der Waals surface area contributed by atoms with Crippen LogP contribution in [-0.2, 0) is 17.6 Å². The molecule has 10 heteroatoms. The molecule has 3 N–H and O–H groups in total. The predicted octanol–water partition coefficient (Wildman–Crippen LogP) is 3.73. The largest absolute Gasteiger partial charge is 0.488 e. The first-order valence-electron chi connectivity index (χ1n) is 12.0. The van der Waals surface area contributed by atoms with E-state index in [4.69, 9.17) is 19.9 Å². The van der Waals surface area contributed by atoms with Crippen LogP contribution in [0.5, 0.6) is 11.5 Å². The van der Waals surface area contributed by atoms with E-state index < -0.39 is 18.7 Å². The van der Waals surface area contributed by atoms with Gasteiger partial charge in [-0.15, -0.1) is 0 Å². The van der Waals surface area contributed by atoms with E-state index in [0.29, 0.717) is 25.1 Å². The molecule has 198 valence electrons. The number of hydrogen-bond acceptors (Lipinski definition) is 6. The molecule has 2 aromatic rings. The summed E-state index contributed by atoms with van der Waals surface area (Å²) in [5.74, 6) is -0.126. The van der Waals surface area contributed by atoms with E-state index >= 15 is 0 Å². The molecule has 0 unspecified atom stereocenters. The summed E-state index contributed by atoms with van der Waals surface area (Å²) < 4.78 is 53.0. The Morgan fingerprint density at radius 3 is 2.56 bits per heavy atom. The van der Waals surface area contributed by atoms with Gasteiger partial charge in [-0.3, -0.25) is 4.79 Å². The number of fused-ring (bicyclic) bond motifs is 1. The molecule has 1 atom stereocenters. The van der Waals surface area contributed by atoms with E-state index in [1.54, 1.807) is 25.3 Å². The lowest BCUT2D eigenvalue weighted by atomic mass is 9.98. The van der Waals surface area contributed by atoms with Crippen LogP contribution in [0.1, 0.15) is 34.8 Å². The fourth-order valence-corrected chi connectivity index (χ4v) is 4.36. The fourth-order valence-electron chi connectivity index (χ4n) is 4.36. The lowest BCUT2D eigenvalue weighted by Crippen LogP contribution is -2.32. The number of hydrogen-bond donors (Lipinski definition) is 2. The smallest absolute Gasteiger partial charge is 0.422 e. The zero-order chi connectivity index (χ0) is 26.1. The molecule has 36 heavy (non-hydrogen) atoms. The minimum atomic E-state index is -4.42. The molecule has 0 spiro atoms. The lowest BCUT2D eigenvalue weighted by molar-refractivity contribution is -0.153. The summed E-state index contributed by atoms with van der Waals surface area (Å²) in [6.45, 7) is 3.70. The zero-order valence-electron chi connectivity index (χ0n) is 20.7. The van der Waals surface area contributed by atoms with E-state index in [0.717, 1.165) is 42.7 Å². The van der Waals surface area contributed by atoms with E-state index in [1.165, 1.54) is 6.07 Å².